The molecular weight excluding hydrogens is 250 g/mol. The zero-order chi connectivity index (χ0) is 13.9. The summed E-state index contributed by atoms with van der Waals surface area (Å²) in [7, 11) is 0. The molecule has 3 rings (SSSR count). The largest absolute Gasteiger partial charge is 0.478 e. The lowest BCUT2D eigenvalue weighted by Crippen LogP contribution is -2.07. The predicted molar refractivity (Wildman–Crippen MR) is 79.1 cm³/mol. The standard InChI is InChI=1S/C17H17NO2/c19-17(20)13-6-4-12(5-7-13)14-2-1-3-15(10-14)16-8-9-18-11-16/h1-7,10,16,18H,8-9,11H2,(H,19,20). The lowest BCUT2D eigenvalue weighted by Gasteiger charge is -2.11. The van der Waals surface area contributed by atoms with Crippen LogP contribution in [-0.2, 0) is 0 Å². The van der Waals surface area contributed by atoms with Gasteiger partial charge in [0.2, 0.25) is 0 Å². The first-order valence-electron chi connectivity index (χ1n) is 6.88. The van der Waals surface area contributed by atoms with E-state index in [9.17, 15) is 4.79 Å². The van der Waals surface area contributed by atoms with Crippen molar-refractivity contribution in [1.29, 1.82) is 0 Å². The number of carboxylic acid groups (broad SMARTS) is 1. The number of carbonyl (C=O) groups is 1. The molecule has 0 aliphatic carbocycles. The highest BCUT2D eigenvalue weighted by Crippen LogP contribution is 2.27. The summed E-state index contributed by atoms with van der Waals surface area (Å²) >= 11 is 0. The Morgan fingerprint density at radius 1 is 1.10 bits per heavy atom. The maximum absolute atomic E-state index is 10.9. The quantitative estimate of drug-likeness (QED) is 0.898. The van der Waals surface area contributed by atoms with Gasteiger partial charge in [-0.15, -0.1) is 0 Å². The first-order chi connectivity index (χ1) is 9.74. The maximum Gasteiger partial charge on any atom is 0.335 e. The van der Waals surface area contributed by atoms with E-state index in [-0.39, 0.29) is 0 Å². The van der Waals surface area contributed by atoms with Gasteiger partial charge in [-0.25, -0.2) is 4.79 Å². The minimum Gasteiger partial charge on any atom is -0.478 e. The molecule has 3 heteroatoms. The minimum absolute atomic E-state index is 0.324. The van der Waals surface area contributed by atoms with Gasteiger partial charge in [-0.05, 0) is 47.7 Å². The molecule has 1 fully saturated rings. The highest BCUT2D eigenvalue weighted by molar-refractivity contribution is 5.88. The fourth-order valence-corrected chi connectivity index (χ4v) is 2.72. The second kappa shape index (κ2) is 5.47. The summed E-state index contributed by atoms with van der Waals surface area (Å²) in [6.07, 6.45) is 1.18. The van der Waals surface area contributed by atoms with Crippen LogP contribution < -0.4 is 5.32 Å². The molecule has 0 bridgehead atoms. The van der Waals surface area contributed by atoms with E-state index in [2.05, 4.69) is 29.6 Å². The third-order valence-electron chi connectivity index (χ3n) is 3.88. The van der Waals surface area contributed by atoms with Gasteiger partial charge in [-0.1, -0.05) is 36.4 Å². The average Bonchev–Trinajstić information content (AvgIpc) is 3.02. The lowest BCUT2D eigenvalue weighted by molar-refractivity contribution is 0.0697. The minimum atomic E-state index is -0.887. The molecule has 1 unspecified atom stereocenters. The molecule has 0 spiro atoms. The number of benzene rings is 2. The van der Waals surface area contributed by atoms with Crippen molar-refractivity contribution in [2.45, 2.75) is 12.3 Å². The molecule has 1 saturated heterocycles. The van der Waals surface area contributed by atoms with Crippen LogP contribution in [0.1, 0.15) is 28.3 Å². The van der Waals surface area contributed by atoms with E-state index in [1.165, 1.54) is 12.0 Å². The molecule has 3 nitrogen and oxygen atoms in total. The van der Waals surface area contributed by atoms with Gasteiger partial charge in [-0.2, -0.15) is 0 Å². The van der Waals surface area contributed by atoms with Gasteiger partial charge in [0, 0.05) is 6.54 Å². The van der Waals surface area contributed by atoms with Crippen molar-refractivity contribution in [2.24, 2.45) is 0 Å². The Balaban J connectivity index is 1.89. The van der Waals surface area contributed by atoms with Crippen LogP contribution in [0, 0.1) is 0 Å². The fourth-order valence-electron chi connectivity index (χ4n) is 2.72. The molecule has 0 radical (unpaired) electrons. The Labute approximate surface area is 118 Å². The fraction of sp³-hybridized carbons (Fsp3) is 0.235. The van der Waals surface area contributed by atoms with Crippen LogP contribution in [-0.4, -0.2) is 24.2 Å². The normalized spacial score (nSPS) is 18.1. The van der Waals surface area contributed by atoms with E-state index < -0.39 is 5.97 Å². The Morgan fingerprint density at radius 3 is 2.55 bits per heavy atom. The van der Waals surface area contributed by atoms with Crippen LogP contribution in [0.4, 0.5) is 0 Å². The average molecular weight is 267 g/mol. The monoisotopic (exact) mass is 267 g/mol. The van der Waals surface area contributed by atoms with E-state index >= 15 is 0 Å². The number of hydrogen-bond donors (Lipinski definition) is 2. The zero-order valence-electron chi connectivity index (χ0n) is 11.2. The molecule has 0 aromatic heterocycles. The first kappa shape index (κ1) is 12.9. The van der Waals surface area contributed by atoms with Gasteiger partial charge < -0.3 is 10.4 Å². The topological polar surface area (TPSA) is 49.3 Å². The van der Waals surface area contributed by atoms with Gasteiger partial charge in [0.15, 0.2) is 0 Å². The summed E-state index contributed by atoms with van der Waals surface area (Å²) in [5, 5.41) is 12.3. The number of carboxylic acids is 1. The molecule has 0 saturated carbocycles. The molecule has 20 heavy (non-hydrogen) atoms. The van der Waals surface area contributed by atoms with Crippen LogP contribution in [0.15, 0.2) is 48.5 Å². The number of nitrogens with one attached hydrogen (secondary N) is 1. The zero-order valence-corrected chi connectivity index (χ0v) is 11.2. The van der Waals surface area contributed by atoms with Crippen molar-refractivity contribution in [1.82, 2.24) is 5.32 Å². The van der Waals surface area contributed by atoms with Gasteiger partial charge in [-0.3, -0.25) is 0 Å². The molecule has 1 atom stereocenters. The van der Waals surface area contributed by atoms with Gasteiger partial charge in [0.1, 0.15) is 0 Å². The van der Waals surface area contributed by atoms with Crippen molar-refractivity contribution in [3.63, 3.8) is 0 Å². The van der Waals surface area contributed by atoms with Crippen LogP contribution in [0.25, 0.3) is 11.1 Å². The summed E-state index contributed by atoms with van der Waals surface area (Å²) in [5.41, 5.74) is 3.88. The number of hydrogen-bond acceptors (Lipinski definition) is 2. The number of aromatic carboxylic acids is 1. The van der Waals surface area contributed by atoms with Gasteiger partial charge in [0.05, 0.1) is 5.56 Å². The van der Waals surface area contributed by atoms with Crippen molar-refractivity contribution >= 4 is 5.97 Å². The van der Waals surface area contributed by atoms with Crippen molar-refractivity contribution in [2.75, 3.05) is 13.1 Å². The Bertz CT molecular complexity index is 613. The van der Waals surface area contributed by atoms with E-state index in [1.807, 2.05) is 12.1 Å². The lowest BCUT2D eigenvalue weighted by atomic mass is 9.94. The second-order valence-corrected chi connectivity index (χ2v) is 5.20. The maximum atomic E-state index is 10.9. The molecule has 1 aliphatic rings. The van der Waals surface area contributed by atoms with Crippen LogP contribution in [0.2, 0.25) is 0 Å². The van der Waals surface area contributed by atoms with E-state index in [4.69, 9.17) is 5.11 Å². The number of rotatable bonds is 3. The SMILES string of the molecule is O=C(O)c1ccc(-c2cccc(C3CCNC3)c2)cc1. The molecule has 0 amide bonds. The van der Waals surface area contributed by atoms with Crippen molar-refractivity contribution < 1.29 is 9.90 Å². The molecular formula is C17H17NO2. The van der Waals surface area contributed by atoms with Crippen LogP contribution in [0.3, 0.4) is 0 Å². The van der Waals surface area contributed by atoms with Gasteiger partial charge in [0.25, 0.3) is 0 Å². The highest BCUT2D eigenvalue weighted by Gasteiger charge is 2.16. The molecule has 102 valence electrons. The van der Waals surface area contributed by atoms with Gasteiger partial charge >= 0.3 is 5.97 Å². The van der Waals surface area contributed by atoms with E-state index in [0.717, 1.165) is 24.2 Å². The van der Waals surface area contributed by atoms with Crippen molar-refractivity contribution in [3.05, 3.63) is 59.7 Å². The predicted octanol–water partition coefficient (Wildman–Crippen LogP) is 3.13. The molecule has 2 N–H and O–H groups in total. The van der Waals surface area contributed by atoms with Crippen molar-refractivity contribution in [3.8, 4) is 11.1 Å². The Morgan fingerprint density at radius 2 is 1.90 bits per heavy atom. The summed E-state index contributed by atoms with van der Waals surface area (Å²) in [4.78, 5) is 10.9. The van der Waals surface area contributed by atoms with E-state index in [0.29, 0.717) is 11.5 Å². The Kier molecular flexibility index (Phi) is 3.52. The third kappa shape index (κ3) is 2.58. The van der Waals surface area contributed by atoms with Crippen LogP contribution >= 0.6 is 0 Å². The van der Waals surface area contributed by atoms with E-state index in [1.54, 1.807) is 12.1 Å². The second-order valence-electron chi connectivity index (χ2n) is 5.20. The van der Waals surface area contributed by atoms with Crippen LogP contribution in [0.5, 0.6) is 0 Å². The first-order valence-corrected chi connectivity index (χ1v) is 6.88. The smallest absolute Gasteiger partial charge is 0.335 e. The molecule has 2 aromatic carbocycles. The summed E-state index contributed by atoms with van der Waals surface area (Å²) in [6, 6.07) is 15.6. The molecule has 1 aliphatic heterocycles. The Hall–Kier alpha value is -2.13. The summed E-state index contributed by atoms with van der Waals surface area (Å²) in [5.74, 6) is -0.296. The third-order valence-corrected chi connectivity index (χ3v) is 3.88. The molecule has 2 aromatic rings. The summed E-state index contributed by atoms with van der Waals surface area (Å²) < 4.78 is 0. The highest BCUT2D eigenvalue weighted by atomic mass is 16.4. The molecule has 1 heterocycles. The summed E-state index contributed by atoms with van der Waals surface area (Å²) in [6.45, 7) is 2.13.